The lowest BCUT2D eigenvalue weighted by molar-refractivity contribution is -0.327. The highest BCUT2D eigenvalue weighted by Gasteiger charge is 2.26. The minimum absolute atomic E-state index is 0.0362. The molecule has 0 aromatic carbocycles. The van der Waals surface area contributed by atoms with E-state index in [0.717, 1.165) is 6.42 Å². The van der Waals surface area contributed by atoms with E-state index in [1.54, 1.807) is 13.8 Å². The molecule has 0 atom stereocenters. The summed E-state index contributed by atoms with van der Waals surface area (Å²) < 4.78 is 0. The number of carbonyl (C=O) groups is 2. The van der Waals surface area contributed by atoms with E-state index in [2.05, 4.69) is 0 Å². The molecule has 0 rings (SSSR count). The van der Waals surface area contributed by atoms with Gasteiger partial charge in [-0.05, 0) is 26.7 Å². The van der Waals surface area contributed by atoms with Gasteiger partial charge < -0.3 is 15.1 Å². The van der Waals surface area contributed by atoms with Crippen LogP contribution in [0.2, 0.25) is 0 Å². The molecule has 0 spiro atoms. The molecule has 0 aliphatic rings. The Morgan fingerprint density at radius 3 is 2.00 bits per heavy atom. The first kappa shape index (κ1) is 16.4. The van der Waals surface area contributed by atoms with Crippen LogP contribution in [0.3, 0.4) is 0 Å². The number of carboxylic acid groups (broad SMARTS) is 2. The van der Waals surface area contributed by atoms with Gasteiger partial charge in [0.05, 0.1) is 5.57 Å². The highest BCUT2D eigenvalue weighted by Crippen LogP contribution is 2.20. The van der Waals surface area contributed by atoms with Crippen molar-refractivity contribution in [2.24, 2.45) is 0 Å². The molecule has 0 aliphatic heterocycles. The van der Waals surface area contributed by atoms with Crippen molar-refractivity contribution in [3.05, 3.63) is 11.3 Å². The summed E-state index contributed by atoms with van der Waals surface area (Å²) in [6.45, 7) is 6.96. The van der Waals surface area contributed by atoms with E-state index >= 15 is 0 Å². The lowest BCUT2D eigenvalue weighted by atomic mass is 10.0. The van der Waals surface area contributed by atoms with Crippen LogP contribution in [-0.2, 0) is 19.4 Å². The van der Waals surface area contributed by atoms with Crippen molar-refractivity contribution in [3.8, 4) is 0 Å². The normalized spacial score (nSPS) is 12.9. The molecule has 104 valence electrons. The third kappa shape index (κ3) is 5.18. The van der Waals surface area contributed by atoms with Crippen LogP contribution >= 0.6 is 0 Å². The first-order valence-electron chi connectivity index (χ1n) is 5.80. The summed E-state index contributed by atoms with van der Waals surface area (Å²) in [7, 11) is 0. The lowest BCUT2D eigenvalue weighted by Crippen LogP contribution is -2.26. The van der Waals surface area contributed by atoms with E-state index in [4.69, 9.17) is 20.0 Å². The minimum Gasteiger partial charge on any atom is -0.478 e. The zero-order valence-electron chi connectivity index (χ0n) is 11.1. The Bertz CT molecular complexity index is 342. The smallest absolute Gasteiger partial charge is 0.375 e. The van der Waals surface area contributed by atoms with Gasteiger partial charge in [0.15, 0.2) is 0 Å². The van der Waals surface area contributed by atoms with Crippen molar-refractivity contribution in [2.75, 3.05) is 0 Å². The summed E-state index contributed by atoms with van der Waals surface area (Å²) in [6, 6.07) is 0. The van der Waals surface area contributed by atoms with Crippen LogP contribution in [0, 0.1) is 0 Å². The Kier molecular flexibility index (Phi) is 6.40. The van der Waals surface area contributed by atoms with Gasteiger partial charge in [0.2, 0.25) is 0 Å². The summed E-state index contributed by atoms with van der Waals surface area (Å²) in [5.41, 5.74) is -0.998. The summed E-state index contributed by atoms with van der Waals surface area (Å²) in [6.07, 6.45) is 1.53. The van der Waals surface area contributed by atoms with Crippen molar-refractivity contribution >= 4 is 11.9 Å². The van der Waals surface area contributed by atoms with E-state index < -0.39 is 23.3 Å². The summed E-state index contributed by atoms with van der Waals surface area (Å²) >= 11 is 0. The van der Waals surface area contributed by atoms with Gasteiger partial charge in [-0.3, -0.25) is 0 Å². The second kappa shape index (κ2) is 7.00. The quantitative estimate of drug-likeness (QED) is 0.301. The van der Waals surface area contributed by atoms with Gasteiger partial charge in [0.25, 0.3) is 5.76 Å². The van der Waals surface area contributed by atoms with E-state index in [9.17, 15) is 9.59 Å². The maximum Gasteiger partial charge on any atom is 0.375 e. The third-order valence-corrected chi connectivity index (χ3v) is 2.28. The molecule has 6 heteroatoms. The van der Waals surface area contributed by atoms with E-state index in [1.165, 1.54) is 6.92 Å². The molecular formula is C12H20O6. The molecule has 0 amide bonds. The van der Waals surface area contributed by atoms with Crippen LogP contribution in [0.25, 0.3) is 0 Å². The van der Waals surface area contributed by atoms with Gasteiger partial charge in [-0.2, -0.15) is 4.89 Å². The SMILES string of the molecule is CCCC(C)(C)OO/C(C(=O)O)=C(/CC)C(=O)O. The van der Waals surface area contributed by atoms with Gasteiger partial charge in [-0.15, -0.1) is 0 Å². The fourth-order valence-electron chi connectivity index (χ4n) is 1.42. The fraction of sp³-hybridized carbons (Fsp3) is 0.667. The highest BCUT2D eigenvalue weighted by atomic mass is 17.2. The summed E-state index contributed by atoms with van der Waals surface area (Å²) in [4.78, 5) is 31.6. The molecular weight excluding hydrogens is 240 g/mol. The molecule has 0 bridgehead atoms. The molecule has 0 radical (unpaired) electrons. The van der Waals surface area contributed by atoms with Gasteiger partial charge in [0, 0.05) is 0 Å². The minimum atomic E-state index is -1.46. The Morgan fingerprint density at radius 1 is 1.11 bits per heavy atom. The largest absolute Gasteiger partial charge is 0.478 e. The van der Waals surface area contributed by atoms with Crippen molar-refractivity contribution in [1.82, 2.24) is 0 Å². The maximum atomic E-state index is 11.0. The van der Waals surface area contributed by atoms with Gasteiger partial charge in [-0.1, -0.05) is 20.3 Å². The van der Waals surface area contributed by atoms with Crippen LogP contribution < -0.4 is 0 Å². The number of hydrogen-bond donors (Lipinski definition) is 2. The Labute approximate surface area is 106 Å². The highest BCUT2D eigenvalue weighted by molar-refractivity contribution is 5.97. The Hall–Kier alpha value is -1.56. The standard InChI is InChI=1S/C12H20O6/c1-5-7-12(3,4)18-17-9(11(15)16)8(6-2)10(13)14/h5-7H2,1-4H3,(H,13,14)(H,15,16)/b9-8-. The number of carboxylic acids is 2. The molecule has 6 nitrogen and oxygen atoms in total. The van der Waals surface area contributed by atoms with Crippen molar-refractivity contribution in [3.63, 3.8) is 0 Å². The van der Waals surface area contributed by atoms with E-state index in [1.807, 2.05) is 6.92 Å². The van der Waals surface area contributed by atoms with Crippen LogP contribution in [0.5, 0.6) is 0 Å². The molecule has 0 aliphatic carbocycles. The topological polar surface area (TPSA) is 93.1 Å². The van der Waals surface area contributed by atoms with E-state index in [0.29, 0.717) is 6.42 Å². The number of hydrogen-bond acceptors (Lipinski definition) is 4. The number of rotatable bonds is 8. The molecule has 18 heavy (non-hydrogen) atoms. The molecule has 0 aromatic heterocycles. The molecule has 0 aromatic rings. The summed E-state index contributed by atoms with van der Waals surface area (Å²) in [5.74, 6) is -3.46. The monoisotopic (exact) mass is 260 g/mol. The first-order chi connectivity index (χ1) is 8.25. The van der Waals surface area contributed by atoms with Crippen molar-refractivity contribution < 1.29 is 29.6 Å². The van der Waals surface area contributed by atoms with Crippen molar-refractivity contribution in [1.29, 1.82) is 0 Å². The van der Waals surface area contributed by atoms with Gasteiger partial charge in [0.1, 0.15) is 5.60 Å². The zero-order chi connectivity index (χ0) is 14.3. The zero-order valence-corrected chi connectivity index (χ0v) is 11.1. The van der Waals surface area contributed by atoms with Crippen LogP contribution in [0.4, 0.5) is 0 Å². The Morgan fingerprint density at radius 2 is 1.67 bits per heavy atom. The second-order valence-corrected chi connectivity index (χ2v) is 4.45. The molecule has 0 saturated carbocycles. The molecule has 0 fully saturated rings. The molecule has 0 saturated heterocycles. The van der Waals surface area contributed by atoms with Crippen LogP contribution in [0.15, 0.2) is 11.3 Å². The predicted octanol–water partition coefficient (Wildman–Crippen LogP) is 2.35. The first-order valence-corrected chi connectivity index (χ1v) is 5.80. The Balaban J connectivity index is 4.96. The van der Waals surface area contributed by atoms with Crippen LogP contribution in [-0.4, -0.2) is 27.8 Å². The summed E-state index contributed by atoms with van der Waals surface area (Å²) in [5, 5.41) is 17.8. The molecule has 2 N–H and O–H groups in total. The molecule has 0 unspecified atom stereocenters. The van der Waals surface area contributed by atoms with Crippen LogP contribution in [0.1, 0.15) is 47.0 Å². The predicted molar refractivity (Wildman–Crippen MR) is 63.7 cm³/mol. The third-order valence-electron chi connectivity index (χ3n) is 2.28. The average Bonchev–Trinajstić information content (AvgIpc) is 2.22. The van der Waals surface area contributed by atoms with Gasteiger partial charge in [-0.25, -0.2) is 9.59 Å². The number of aliphatic carboxylic acids is 2. The lowest BCUT2D eigenvalue weighted by Gasteiger charge is -2.23. The fourth-order valence-corrected chi connectivity index (χ4v) is 1.42. The molecule has 0 heterocycles. The van der Waals surface area contributed by atoms with Gasteiger partial charge >= 0.3 is 11.9 Å². The van der Waals surface area contributed by atoms with E-state index in [-0.39, 0.29) is 12.0 Å². The maximum absolute atomic E-state index is 11.0. The van der Waals surface area contributed by atoms with Crippen molar-refractivity contribution in [2.45, 2.75) is 52.6 Å². The average molecular weight is 260 g/mol. The second-order valence-electron chi connectivity index (χ2n) is 4.45.